The molecular formula is C12H20N2O. The molecule has 0 saturated heterocycles. The molecule has 0 aliphatic carbocycles. The van der Waals surface area contributed by atoms with E-state index in [0.717, 1.165) is 18.8 Å². The van der Waals surface area contributed by atoms with E-state index in [-0.39, 0.29) is 6.10 Å². The maximum Gasteiger partial charge on any atom is 0.0718 e. The van der Waals surface area contributed by atoms with Gasteiger partial charge in [-0.25, -0.2) is 0 Å². The average molecular weight is 208 g/mol. The molecule has 1 unspecified atom stereocenters. The molecule has 2 N–H and O–H groups in total. The minimum Gasteiger partial charge on any atom is -0.399 e. The van der Waals surface area contributed by atoms with Crippen molar-refractivity contribution in [2.75, 3.05) is 30.8 Å². The monoisotopic (exact) mass is 208 g/mol. The summed E-state index contributed by atoms with van der Waals surface area (Å²) in [7, 11) is 1.74. The second-order valence-electron chi connectivity index (χ2n) is 3.68. The number of likely N-dealkylation sites (N-methyl/N-ethyl adjacent to an activating group) is 1. The Bertz CT molecular complexity index is 284. The summed E-state index contributed by atoms with van der Waals surface area (Å²) in [6, 6.07) is 7.94. The molecule has 0 aliphatic rings. The van der Waals surface area contributed by atoms with Crippen LogP contribution < -0.4 is 10.6 Å². The Morgan fingerprint density at radius 3 is 2.40 bits per heavy atom. The highest BCUT2D eigenvalue weighted by atomic mass is 16.5. The van der Waals surface area contributed by atoms with Crippen LogP contribution in [-0.4, -0.2) is 26.3 Å². The fraction of sp³-hybridized carbons (Fsp3) is 0.500. The number of anilines is 2. The molecule has 0 aliphatic heterocycles. The predicted octanol–water partition coefficient (Wildman–Crippen LogP) is 2.13. The zero-order valence-corrected chi connectivity index (χ0v) is 9.73. The summed E-state index contributed by atoms with van der Waals surface area (Å²) in [5.74, 6) is 0. The summed E-state index contributed by atoms with van der Waals surface area (Å²) in [4.78, 5) is 2.27. The van der Waals surface area contributed by atoms with Gasteiger partial charge in [0.05, 0.1) is 6.10 Å². The van der Waals surface area contributed by atoms with Gasteiger partial charge in [-0.05, 0) is 38.1 Å². The van der Waals surface area contributed by atoms with E-state index in [1.165, 1.54) is 5.69 Å². The second-order valence-corrected chi connectivity index (χ2v) is 3.68. The van der Waals surface area contributed by atoms with Crippen molar-refractivity contribution in [1.82, 2.24) is 0 Å². The number of benzene rings is 1. The summed E-state index contributed by atoms with van der Waals surface area (Å²) in [6.45, 7) is 6.08. The van der Waals surface area contributed by atoms with Crippen LogP contribution in [0.15, 0.2) is 24.3 Å². The molecule has 3 nitrogen and oxygen atoms in total. The number of hydrogen-bond acceptors (Lipinski definition) is 3. The molecule has 0 bridgehead atoms. The Labute approximate surface area is 91.8 Å². The van der Waals surface area contributed by atoms with Crippen LogP contribution in [0.5, 0.6) is 0 Å². The summed E-state index contributed by atoms with van der Waals surface area (Å²) >= 11 is 0. The Kier molecular flexibility index (Phi) is 4.43. The van der Waals surface area contributed by atoms with Gasteiger partial charge in [-0.1, -0.05) is 0 Å². The van der Waals surface area contributed by atoms with E-state index in [4.69, 9.17) is 10.5 Å². The lowest BCUT2D eigenvalue weighted by Crippen LogP contribution is -2.31. The molecular weight excluding hydrogens is 188 g/mol. The highest BCUT2D eigenvalue weighted by molar-refractivity contribution is 5.53. The zero-order chi connectivity index (χ0) is 11.3. The first-order chi connectivity index (χ1) is 7.17. The quantitative estimate of drug-likeness (QED) is 0.753. The largest absolute Gasteiger partial charge is 0.399 e. The number of ether oxygens (including phenoxy) is 1. The van der Waals surface area contributed by atoms with Crippen LogP contribution in [0.4, 0.5) is 11.4 Å². The minimum absolute atomic E-state index is 0.238. The highest BCUT2D eigenvalue weighted by Gasteiger charge is 2.08. The molecule has 0 heterocycles. The molecule has 3 heteroatoms. The van der Waals surface area contributed by atoms with Crippen molar-refractivity contribution in [3.8, 4) is 0 Å². The molecule has 1 aromatic rings. The Morgan fingerprint density at radius 2 is 1.93 bits per heavy atom. The van der Waals surface area contributed by atoms with Gasteiger partial charge in [-0.3, -0.25) is 0 Å². The van der Waals surface area contributed by atoms with Crippen molar-refractivity contribution in [3.63, 3.8) is 0 Å². The average Bonchev–Trinajstić information content (AvgIpc) is 2.27. The van der Waals surface area contributed by atoms with E-state index >= 15 is 0 Å². The van der Waals surface area contributed by atoms with Crippen molar-refractivity contribution >= 4 is 11.4 Å². The standard InChI is InChI=1S/C12H20N2O/c1-4-14(9-10(2)15-3)12-7-5-11(13)6-8-12/h5-8,10H,4,9,13H2,1-3H3. The Morgan fingerprint density at radius 1 is 1.33 bits per heavy atom. The lowest BCUT2D eigenvalue weighted by atomic mass is 10.2. The molecule has 0 aromatic heterocycles. The van der Waals surface area contributed by atoms with Crippen molar-refractivity contribution < 1.29 is 4.74 Å². The predicted molar refractivity (Wildman–Crippen MR) is 65.2 cm³/mol. The summed E-state index contributed by atoms with van der Waals surface area (Å²) in [5.41, 5.74) is 7.64. The van der Waals surface area contributed by atoms with Gasteiger partial charge in [0.2, 0.25) is 0 Å². The first-order valence-corrected chi connectivity index (χ1v) is 5.30. The molecule has 0 radical (unpaired) electrons. The number of nitrogens with two attached hydrogens (primary N) is 1. The van der Waals surface area contributed by atoms with Gasteiger partial charge >= 0.3 is 0 Å². The topological polar surface area (TPSA) is 38.5 Å². The molecule has 0 fully saturated rings. The van der Waals surface area contributed by atoms with Gasteiger partial charge in [0.25, 0.3) is 0 Å². The summed E-state index contributed by atoms with van der Waals surface area (Å²) < 4.78 is 5.26. The van der Waals surface area contributed by atoms with Gasteiger partial charge in [-0.15, -0.1) is 0 Å². The smallest absolute Gasteiger partial charge is 0.0718 e. The van der Waals surface area contributed by atoms with Crippen LogP contribution in [0.3, 0.4) is 0 Å². The lowest BCUT2D eigenvalue weighted by Gasteiger charge is -2.26. The molecule has 84 valence electrons. The van der Waals surface area contributed by atoms with Crippen molar-refractivity contribution in [1.29, 1.82) is 0 Å². The van der Waals surface area contributed by atoms with Crippen LogP contribution in [0, 0.1) is 0 Å². The molecule has 0 spiro atoms. The molecule has 0 saturated carbocycles. The van der Waals surface area contributed by atoms with Gasteiger partial charge < -0.3 is 15.4 Å². The first-order valence-electron chi connectivity index (χ1n) is 5.30. The zero-order valence-electron chi connectivity index (χ0n) is 9.73. The summed E-state index contributed by atoms with van der Waals surface area (Å²) in [5, 5.41) is 0. The third kappa shape index (κ3) is 3.44. The second kappa shape index (κ2) is 5.61. The van der Waals surface area contributed by atoms with Crippen LogP contribution in [0.1, 0.15) is 13.8 Å². The number of hydrogen-bond donors (Lipinski definition) is 1. The molecule has 15 heavy (non-hydrogen) atoms. The molecule has 1 atom stereocenters. The molecule has 1 rings (SSSR count). The van der Waals surface area contributed by atoms with Gasteiger partial charge in [-0.2, -0.15) is 0 Å². The highest BCUT2D eigenvalue weighted by Crippen LogP contribution is 2.16. The molecule has 0 amide bonds. The number of nitrogen functional groups attached to an aromatic ring is 1. The van der Waals surface area contributed by atoms with E-state index in [1.807, 2.05) is 24.3 Å². The summed E-state index contributed by atoms with van der Waals surface area (Å²) in [6.07, 6.45) is 0.238. The van der Waals surface area contributed by atoms with E-state index in [0.29, 0.717) is 0 Å². The van der Waals surface area contributed by atoms with Crippen LogP contribution >= 0.6 is 0 Å². The third-order valence-electron chi connectivity index (χ3n) is 2.52. The van der Waals surface area contributed by atoms with E-state index < -0.39 is 0 Å². The van der Waals surface area contributed by atoms with Crippen molar-refractivity contribution in [2.45, 2.75) is 20.0 Å². The SMILES string of the molecule is CCN(CC(C)OC)c1ccc(N)cc1. The third-order valence-corrected chi connectivity index (χ3v) is 2.52. The fourth-order valence-corrected chi connectivity index (χ4v) is 1.49. The van der Waals surface area contributed by atoms with Crippen LogP contribution in [-0.2, 0) is 4.74 Å². The van der Waals surface area contributed by atoms with Gasteiger partial charge in [0, 0.05) is 31.6 Å². The normalized spacial score (nSPS) is 12.5. The van der Waals surface area contributed by atoms with E-state index in [9.17, 15) is 0 Å². The van der Waals surface area contributed by atoms with Gasteiger partial charge in [0.1, 0.15) is 0 Å². The maximum absolute atomic E-state index is 5.65. The molecule has 1 aromatic carbocycles. The van der Waals surface area contributed by atoms with E-state index in [1.54, 1.807) is 7.11 Å². The van der Waals surface area contributed by atoms with Crippen molar-refractivity contribution in [3.05, 3.63) is 24.3 Å². The Hall–Kier alpha value is -1.22. The number of nitrogens with zero attached hydrogens (tertiary/aromatic N) is 1. The number of rotatable bonds is 5. The van der Waals surface area contributed by atoms with Gasteiger partial charge in [0.15, 0.2) is 0 Å². The minimum atomic E-state index is 0.238. The maximum atomic E-state index is 5.65. The van der Waals surface area contributed by atoms with Crippen molar-refractivity contribution in [2.24, 2.45) is 0 Å². The number of methoxy groups -OCH3 is 1. The Balaban J connectivity index is 2.69. The van der Waals surface area contributed by atoms with Crippen LogP contribution in [0.25, 0.3) is 0 Å². The lowest BCUT2D eigenvalue weighted by molar-refractivity contribution is 0.123. The van der Waals surface area contributed by atoms with E-state index in [2.05, 4.69) is 18.7 Å². The van der Waals surface area contributed by atoms with Crippen LogP contribution in [0.2, 0.25) is 0 Å². The first kappa shape index (κ1) is 11.9. The fourth-order valence-electron chi connectivity index (χ4n) is 1.49.